The standard InChI is InChI=1S/C24H25N4O4/c1-3-14(2)26-13-21(29)27-20(24(26)30)12-18-17-9-4-5-10-19(17)25-22(18)23(27)15-7-6-8-16(11-15)28(31)32/h4-11,14,20,23,25,31H,3,12-13H2,1-2H3/q-1/t14?,20-,23?/m0/s1. The van der Waals surface area contributed by atoms with Gasteiger partial charge in [-0.15, -0.1) is 0 Å². The Hall–Kier alpha value is -3.36. The minimum absolute atomic E-state index is 0.0249. The summed E-state index contributed by atoms with van der Waals surface area (Å²) in [5, 5.41) is 21.8. The van der Waals surface area contributed by atoms with Crippen LogP contribution in [0.15, 0.2) is 48.5 Å². The summed E-state index contributed by atoms with van der Waals surface area (Å²) in [5.41, 5.74) is 3.51. The molecule has 3 atom stereocenters. The number of hydrogen-bond acceptors (Lipinski definition) is 5. The highest BCUT2D eigenvalue weighted by Crippen LogP contribution is 2.43. The second-order valence-corrected chi connectivity index (χ2v) is 8.58. The van der Waals surface area contributed by atoms with Crippen LogP contribution in [-0.2, 0) is 16.0 Å². The van der Waals surface area contributed by atoms with Crippen LogP contribution in [0.25, 0.3) is 10.9 Å². The highest BCUT2D eigenvalue weighted by Gasteiger charge is 2.48. The summed E-state index contributed by atoms with van der Waals surface area (Å²) in [4.78, 5) is 33.8. The number of amides is 2. The monoisotopic (exact) mass is 433 g/mol. The summed E-state index contributed by atoms with van der Waals surface area (Å²) in [6.45, 7) is 4.00. The number of carbonyl (C=O) groups excluding carboxylic acids is 2. The lowest BCUT2D eigenvalue weighted by atomic mass is 9.85. The number of rotatable bonds is 4. The van der Waals surface area contributed by atoms with Crippen LogP contribution in [0.2, 0.25) is 0 Å². The van der Waals surface area contributed by atoms with Crippen LogP contribution in [0.5, 0.6) is 0 Å². The molecule has 166 valence electrons. The highest BCUT2D eigenvalue weighted by molar-refractivity contribution is 5.97. The number of para-hydroxylation sites is 1. The van der Waals surface area contributed by atoms with Crippen LogP contribution < -0.4 is 5.23 Å². The summed E-state index contributed by atoms with van der Waals surface area (Å²) in [7, 11) is 0. The topological polar surface area (TPSA) is 103 Å². The van der Waals surface area contributed by atoms with E-state index in [0.717, 1.165) is 28.6 Å². The zero-order chi connectivity index (χ0) is 22.6. The zero-order valence-corrected chi connectivity index (χ0v) is 18.0. The molecule has 1 aromatic heterocycles. The third kappa shape index (κ3) is 3.06. The van der Waals surface area contributed by atoms with Crippen molar-refractivity contribution < 1.29 is 14.8 Å². The molecule has 3 heterocycles. The number of aromatic amines is 1. The van der Waals surface area contributed by atoms with Crippen LogP contribution in [0.3, 0.4) is 0 Å². The third-order valence-electron chi connectivity index (χ3n) is 6.82. The highest BCUT2D eigenvalue weighted by atomic mass is 16.8. The molecular weight excluding hydrogens is 408 g/mol. The summed E-state index contributed by atoms with van der Waals surface area (Å²) in [5.74, 6) is -0.179. The van der Waals surface area contributed by atoms with Gasteiger partial charge < -0.3 is 25.2 Å². The minimum Gasteiger partial charge on any atom is -0.733 e. The van der Waals surface area contributed by atoms with Crippen LogP contribution in [0.4, 0.5) is 5.69 Å². The van der Waals surface area contributed by atoms with E-state index in [1.165, 1.54) is 6.07 Å². The van der Waals surface area contributed by atoms with E-state index in [1.54, 1.807) is 21.9 Å². The molecule has 2 aromatic carbocycles. The molecule has 0 aliphatic carbocycles. The predicted molar refractivity (Wildman–Crippen MR) is 120 cm³/mol. The molecule has 3 aromatic rings. The number of benzene rings is 2. The van der Waals surface area contributed by atoms with Gasteiger partial charge in [0.15, 0.2) is 0 Å². The van der Waals surface area contributed by atoms with Crippen LogP contribution in [0.1, 0.15) is 43.1 Å². The van der Waals surface area contributed by atoms with E-state index in [-0.39, 0.29) is 35.3 Å². The second kappa shape index (κ2) is 7.65. The van der Waals surface area contributed by atoms with E-state index >= 15 is 0 Å². The van der Waals surface area contributed by atoms with Crippen molar-refractivity contribution >= 4 is 28.4 Å². The first-order valence-electron chi connectivity index (χ1n) is 10.9. The molecule has 0 bridgehead atoms. The van der Waals surface area contributed by atoms with Gasteiger partial charge in [0.05, 0.1) is 11.7 Å². The van der Waals surface area contributed by atoms with Crippen molar-refractivity contribution in [3.63, 3.8) is 0 Å². The van der Waals surface area contributed by atoms with Crippen LogP contribution in [0, 0.1) is 5.21 Å². The molecule has 0 radical (unpaired) electrons. The number of carbonyl (C=O) groups is 2. The number of piperazine rings is 1. The third-order valence-corrected chi connectivity index (χ3v) is 6.82. The molecule has 2 N–H and O–H groups in total. The Kier molecular flexibility index (Phi) is 4.91. The average molecular weight is 433 g/mol. The molecule has 1 saturated heterocycles. The maximum absolute atomic E-state index is 13.5. The molecule has 0 saturated carbocycles. The molecule has 8 heteroatoms. The number of H-pyrrole nitrogens is 1. The molecule has 32 heavy (non-hydrogen) atoms. The van der Waals surface area contributed by atoms with Gasteiger partial charge >= 0.3 is 0 Å². The summed E-state index contributed by atoms with van der Waals surface area (Å²) >= 11 is 0. The summed E-state index contributed by atoms with van der Waals surface area (Å²) in [6, 6.07) is 13.2. The Morgan fingerprint density at radius 3 is 2.75 bits per heavy atom. The van der Waals surface area contributed by atoms with Gasteiger partial charge in [-0.1, -0.05) is 37.3 Å². The van der Waals surface area contributed by atoms with Gasteiger partial charge in [-0.2, -0.15) is 0 Å². The number of fused-ring (bicyclic) bond motifs is 4. The Balaban J connectivity index is 1.70. The average Bonchev–Trinajstić information content (AvgIpc) is 3.18. The van der Waals surface area contributed by atoms with Crippen LogP contribution >= 0.6 is 0 Å². The maximum atomic E-state index is 13.5. The van der Waals surface area contributed by atoms with Gasteiger partial charge in [-0.05, 0) is 42.7 Å². The van der Waals surface area contributed by atoms with E-state index in [2.05, 4.69) is 4.98 Å². The van der Waals surface area contributed by atoms with Gasteiger partial charge in [-0.3, -0.25) is 14.8 Å². The molecule has 0 spiro atoms. The fourth-order valence-electron chi connectivity index (χ4n) is 5.04. The fourth-order valence-corrected chi connectivity index (χ4v) is 5.04. The first kappa shape index (κ1) is 20.5. The van der Waals surface area contributed by atoms with Crippen molar-refractivity contribution in [1.82, 2.24) is 14.8 Å². The summed E-state index contributed by atoms with van der Waals surface area (Å²) in [6.07, 6.45) is 1.20. The Bertz CT molecular complexity index is 1200. The molecule has 2 aliphatic rings. The number of hydrogen-bond donors (Lipinski definition) is 2. The smallest absolute Gasteiger partial charge is 0.246 e. The summed E-state index contributed by atoms with van der Waals surface area (Å²) < 4.78 is 0. The normalized spacial score (nSPS) is 21.5. The van der Waals surface area contributed by atoms with Crippen molar-refractivity contribution in [3.8, 4) is 0 Å². The van der Waals surface area contributed by atoms with Crippen molar-refractivity contribution in [1.29, 1.82) is 0 Å². The first-order chi connectivity index (χ1) is 15.4. The van der Waals surface area contributed by atoms with E-state index < -0.39 is 12.1 Å². The van der Waals surface area contributed by atoms with Crippen molar-refractivity contribution in [2.45, 2.75) is 44.8 Å². The van der Waals surface area contributed by atoms with Crippen LogP contribution in [-0.4, -0.2) is 50.4 Å². The molecule has 8 nitrogen and oxygen atoms in total. The Labute approximate surface area is 185 Å². The van der Waals surface area contributed by atoms with Gasteiger partial charge in [0, 0.05) is 29.1 Å². The largest absolute Gasteiger partial charge is 0.733 e. The Morgan fingerprint density at radius 2 is 2.00 bits per heavy atom. The molecular formula is C24H25N4O4-. The van der Waals surface area contributed by atoms with E-state index in [9.17, 15) is 20.0 Å². The first-order valence-corrected chi connectivity index (χ1v) is 10.9. The fraction of sp³-hybridized carbons (Fsp3) is 0.333. The molecule has 2 unspecified atom stereocenters. The second-order valence-electron chi connectivity index (χ2n) is 8.58. The van der Waals surface area contributed by atoms with E-state index in [4.69, 9.17) is 0 Å². The SMILES string of the molecule is CCC(C)N1CC(=O)N2C(c3cccc(N([O-])O)c3)c3[nH]c4ccccc4c3C[C@H]2C1=O. The molecule has 5 rings (SSSR count). The lowest BCUT2D eigenvalue weighted by Crippen LogP contribution is -2.64. The minimum atomic E-state index is -0.622. The number of aromatic nitrogens is 1. The van der Waals surface area contributed by atoms with Crippen molar-refractivity contribution in [3.05, 3.63) is 70.6 Å². The zero-order valence-electron chi connectivity index (χ0n) is 18.0. The van der Waals surface area contributed by atoms with Gasteiger partial charge in [0.1, 0.15) is 12.6 Å². The van der Waals surface area contributed by atoms with Gasteiger partial charge in [0.2, 0.25) is 11.8 Å². The van der Waals surface area contributed by atoms with E-state index in [1.807, 2.05) is 44.2 Å². The molecule has 1 fully saturated rings. The number of nitrogens with zero attached hydrogens (tertiary/aromatic N) is 3. The quantitative estimate of drug-likeness (QED) is 0.615. The van der Waals surface area contributed by atoms with E-state index in [0.29, 0.717) is 12.0 Å². The maximum Gasteiger partial charge on any atom is 0.246 e. The lowest BCUT2D eigenvalue weighted by molar-refractivity contribution is -0.160. The predicted octanol–water partition coefficient (Wildman–Crippen LogP) is 3.34. The van der Waals surface area contributed by atoms with Gasteiger partial charge in [0.25, 0.3) is 0 Å². The molecule has 2 amide bonds. The van der Waals surface area contributed by atoms with Crippen molar-refractivity contribution in [2.24, 2.45) is 0 Å². The molecule has 2 aliphatic heterocycles. The lowest BCUT2D eigenvalue weighted by Gasteiger charge is -2.48. The van der Waals surface area contributed by atoms with Crippen molar-refractivity contribution in [2.75, 3.05) is 11.8 Å². The van der Waals surface area contributed by atoms with Gasteiger partial charge in [-0.25, -0.2) is 0 Å². The Morgan fingerprint density at radius 1 is 1.22 bits per heavy atom. The number of nitrogens with one attached hydrogen (secondary N) is 1. The number of anilines is 1.